The van der Waals surface area contributed by atoms with E-state index >= 15 is 0 Å². The van der Waals surface area contributed by atoms with Crippen molar-refractivity contribution in [3.63, 3.8) is 0 Å². The molecule has 0 saturated carbocycles. The van der Waals surface area contributed by atoms with E-state index in [-0.39, 0.29) is 12.4 Å². The first-order valence-corrected chi connectivity index (χ1v) is 8.76. The fourth-order valence-corrected chi connectivity index (χ4v) is 3.30. The van der Waals surface area contributed by atoms with Crippen molar-refractivity contribution >= 4 is 40.8 Å². The zero-order valence-corrected chi connectivity index (χ0v) is 15.0. The first-order valence-electron chi connectivity index (χ1n) is 7.56. The Morgan fingerprint density at radius 3 is 2.84 bits per heavy atom. The van der Waals surface area contributed by atoms with Gasteiger partial charge in [0.1, 0.15) is 13.2 Å². The Morgan fingerprint density at radius 2 is 2.08 bits per heavy atom. The molecule has 0 fully saturated rings. The molecule has 1 aromatic heterocycles. The maximum Gasteiger partial charge on any atom is 0.331 e. The minimum absolute atomic E-state index is 0.220. The zero-order valence-electron chi connectivity index (χ0n) is 13.4. The van der Waals surface area contributed by atoms with Crippen LogP contribution < -0.4 is 9.47 Å². The van der Waals surface area contributed by atoms with Crippen molar-refractivity contribution in [2.24, 2.45) is 0 Å². The Bertz CT molecular complexity index is 840. The van der Waals surface area contributed by atoms with Crippen LogP contribution in [0.2, 0.25) is 5.02 Å². The lowest BCUT2D eigenvalue weighted by Crippen LogP contribution is -2.15. The second kappa shape index (κ2) is 7.72. The van der Waals surface area contributed by atoms with Gasteiger partial charge in [-0.2, -0.15) is 0 Å². The standard InChI is InChI=1S/C18H15ClO5S/c1-11-2-4-16(25-11)14(20)10-24-17(21)5-3-12-8-13(19)18-15(9-12)22-6-7-23-18/h2-5,8-9H,6-7,10H2,1H3/b5-3+. The summed E-state index contributed by atoms with van der Waals surface area (Å²) in [5.74, 6) is 0.217. The summed E-state index contributed by atoms with van der Waals surface area (Å²) in [4.78, 5) is 25.3. The monoisotopic (exact) mass is 378 g/mol. The van der Waals surface area contributed by atoms with E-state index in [1.54, 1.807) is 24.3 Å². The van der Waals surface area contributed by atoms with Crippen LogP contribution in [0.5, 0.6) is 11.5 Å². The Hall–Kier alpha value is -2.31. The summed E-state index contributed by atoms with van der Waals surface area (Å²) in [5.41, 5.74) is 0.673. The van der Waals surface area contributed by atoms with Gasteiger partial charge in [-0.05, 0) is 42.8 Å². The Labute approximate surface area is 153 Å². The highest BCUT2D eigenvalue weighted by atomic mass is 35.5. The maximum absolute atomic E-state index is 11.9. The van der Waals surface area contributed by atoms with Gasteiger partial charge in [-0.25, -0.2) is 4.79 Å². The van der Waals surface area contributed by atoms with E-state index in [1.807, 2.05) is 13.0 Å². The largest absolute Gasteiger partial charge is 0.486 e. The highest BCUT2D eigenvalue weighted by Gasteiger charge is 2.16. The molecule has 5 nitrogen and oxygen atoms in total. The van der Waals surface area contributed by atoms with E-state index < -0.39 is 5.97 Å². The van der Waals surface area contributed by atoms with E-state index in [9.17, 15) is 9.59 Å². The van der Waals surface area contributed by atoms with Gasteiger partial charge in [0.25, 0.3) is 0 Å². The third-order valence-corrected chi connectivity index (χ3v) is 4.71. The predicted octanol–water partition coefficient (Wildman–Crippen LogP) is 3.92. The van der Waals surface area contributed by atoms with E-state index in [0.29, 0.717) is 40.2 Å². The van der Waals surface area contributed by atoms with Crippen LogP contribution in [0.25, 0.3) is 6.08 Å². The number of ketones is 1. The molecule has 25 heavy (non-hydrogen) atoms. The van der Waals surface area contributed by atoms with Gasteiger partial charge in [0.15, 0.2) is 18.1 Å². The van der Waals surface area contributed by atoms with Crippen LogP contribution in [-0.4, -0.2) is 31.6 Å². The lowest BCUT2D eigenvalue weighted by atomic mass is 10.2. The van der Waals surface area contributed by atoms with E-state index in [1.165, 1.54) is 17.4 Å². The predicted molar refractivity (Wildman–Crippen MR) is 95.8 cm³/mol. The molecule has 0 radical (unpaired) electrons. The number of halogens is 1. The quantitative estimate of drug-likeness (QED) is 0.448. The SMILES string of the molecule is Cc1ccc(C(=O)COC(=O)/C=C/c2cc(Cl)c3c(c2)OCCO3)s1. The van der Waals surface area contributed by atoms with Gasteiger partial charge >= 0.3 is 5.97 Å². The first kappa shape index (κ1) is 17.5. The van der Waals surface area contributed by atoms with Gasteiger partial charge < -0.3 is 14.2 Å². The molecule has 0 spiro atoms. The lowest BCUT2D eigenvalue weighted by molar-refractivity contribution is -0.136. The third kappa shape index (κ3) is 4.41. The molecule has 0 aliphatic carbocycles. The minimum Gasteiger partial charge on any atom is -0.486 e. The van der Waals surface area contributed by atoms with Crippen LogP contribution in [0.3, 0.4) is 0 Å². The van der Waals surface area contributed by atoms with Gasteiger partial charge in [0.2, 0.25) is 5.78 Å². The second-order valence-corrected chi connectivity index (χ2v) is 7.00. The van der Waals surface area contributed by atoms with Gasteiger partial charge in [0, 0.05) is 11.0 Å². The lowest BCUT2D eigenvalue weighted by Gasteiger charge is -2.19. The topological polar surface area (TPSA) is 61.8 Å². The number of esters is 1. The molecule has 0 saturated heterocycles. The van der Waals surface area contributed by atoms with Gasteiger partial charge in [-0.3, -0.25) is 4.79 Å². The summed E-state index contributed by atoms with van der Waals surface area (Å²) in [6.07, 6.45) is 2.79. The molecule has 2 aromatic rings. The van der Waals surface area contributed by atoms with Gasteiger partial charge in [-0.15, -0.1) is 11.3 Å². The average Bonchev–Trinajstić information content (AvgIpc) is 3.04. The molecule has 1 aliphatic rings. The number of aryl methyl sites for hydroxylation is 1. The number of rotatable bonds is 5. The third-order valence-electron chi connectivity index (χ3n) is 3.39. The molecule has 0 atom stereocenters. The molecule has 7 heteroatoms. The molecule has 3 rings (SSSR count). The molecule has 0 amide bonds. The van der Waals surface area contributed by atoms with Crippen molar-refractivity contribution in [2.75, 3.05) is 19.8 Å². The second-order valence-electron chi connectivity index (χ2n) is 5.30. The van der Waals surface area contributed by atoms with Crippen LogP contribution in [0.15, 0.2) is 30.3 Å². The van der Waals surface area contributed by atoms with Crippen molar-refractivity contribution in [1.29, 1.82) is 0 Å². The molecule has 0 bridgehead atoms. The number of hydrogen-bond acceptors (Lipinski definition) is 6. The summed E-state index contributed by atoms with van der Waals surface area (Å²) in [6, 6.07) is 6.97. The van der Waals surface area contributed by atoms with Gasteiger partial charge in [0.05, 0.1) is 9.90 Å². The van der Waals surface area contributed by atoms with Crippen LogP contribution in [0.1, 0.15) is 20.1 Å². The highest BCUT2D eigenvalue weighted by Crippen LogP contribution is 2.38. The number of Topliss-reactive ketones (excluding diaryl/α,β-unsaturated/α-hetero) is 1. The van der Waals surface area contributed by atoms with Crippen LogP contribution in [0.4, 0.5) is 0 Å². The number of carbonyl (C=O) groups is 2. The fourth-order valence-electron chi connectivity index (χ4n) is 2.23. The Balaban J connectivity index is 1.59. The Morgan fingerprint density at radius 1 is 1.28 bits per heavy atom. The molecule has 1 aliphatic heterocycles. The smallest absolute Gasteiger partial charge is 0.331 e. The first-order chi connectivity index (χ1) is 12.0. The van der Waals surface area contributed by atoms with Crippen LogP contribution >= 0.6 is 22.9 Å². The van der Waals surface area contributed by atoms with Crippen LogP contribution in [-0.2, 0) is 9.53 Å². The molecule has 1 aromatic carbocycles. The van der Waals surface area contributed by atoms with E-state index in [0.717, 1.165) is 4.88 Å². The van der Waals surface area contributed by atoms with Crippen LogP contribution in [0, 0.1) is 6.92 Å². The number of benzene rings is 1. The average molecular weight is 379 g/mol. The summed E-state index contributed by atoms with van der Waals surface area (Å²) in [6.45, 7) is 2.52. The van der Waals surface area contributed by atoms with Crippen molar-refractivity contribution in [3.05, 3.63) is 50.7 Å². The summed E-state index contributed by atoms with van der Waals surface area (Å²) < 4.78 is 15.9. The molecule has 0 N–H and O–H groups in total. The highest BCUT2D eigenvalue weighted by molar-refractivity contribution is 7.14. The molecule has 130 valence electrons. The van der Waals surface area contributed by atoms with Gasteiger partial charge in [-0.1, -0.05) is 11.6 Å². The summed E-state index contributed by atoms with van der Waals surface area (Å²) >= 11 is 7.51. The fraction of sp³-hybridized carbons (Fsp3) is 0.222. The van der Waals surface area contributed by atoms with Crippen molar-refractivity contribution < 1.29 is 23.8 Å². The molecular weight excluding hydrogens is 364 g/mol. The summed E-state index contributed by atoms with van der Waals surface area (Å²) in [5, 5.41) is 0.411. The molecule has 0 unspecified atom stereocenters. The maximum atomic E-state index is 11.9. The minimum atomic E-state index is -0.604. The number of thiophene rings is 1. The number of fused-ring (bicyclic) bond motifs is 1. The summed E-state index contributed by atoms with van der Waals surface area (Å²) in [7, 11) is 0. The number of carbonyl (C=O) groups excluding carboxylic acids is 2. The molecular formula is C18H15ClO5S. The van der Waals surface area contributed by atoms with Crippen molar-refractivity contribution in [1.82, 2.24) is 0 Å². The number of ether oxygens (including phenoxy) is 3. The Kier molecular flexibility index (Phi) is 5.40. The molecule has 2 heterocycles. The zero-order chi connectivity index (χ0) is 17.8. The number of hydrogen-bond donors (Lipinski definition) is 0. The van der Waals surface area contributed by atoms with Crippen molar-refractivity contribution in [2.45, 2.75) is 6.92 Å². The van der Waals surface area contributed by atoms with E-state index in [4.69, 9.17) is 25.8 Å². The normalized spacial score (nSPS) is 13.0. The van der Waals surface area contributed by atoms with E-state index in [2.05, 4.69) is 0 Å². The van der Waals surface area contributed by atoms with Crippen molar-refractivity contribution in [3.8, 4) is 11.5 Å².